The summed E-state index contributed by atoms with van der Waals surface area (Å²) < 4.78 is 1.77. The van der Waals surface area contributed by atoms with Crippen LogP contribution in [0.5, 0.6) is 0 Å². The van der Waals surface area contributed by atoms with Crippen molar-refractivity contribution in [2.24, 2.45) is 0 Å². The number of amides is 1. The zero-order chi connectivity index (χ0) is 26.8. The van der Waals surface area contributed by atoms with Crippen LogP contribution < -0.4 is 10.9 Å². The number of fused-ring (bicyclic) bond motifs is 4. The minimum Gasteiger partial charge on any atom is -0.351 e. The summed E-state index contributed by atoms with van der Waals surface area (Å²) in [6.07, 6.45) is 6.37. The SMILES string of the molecule is Cc1ccccc1-n1c(SCC(=O)NCc2ccccc2)nc2c(c1=O)C1(CCCCC1)Cc1ccccc1-2. The molecule has 5 nitrogen and oxygen atoms in total. The van der Waals surface area contributed by atoms with Gasteiger partial charge in [-0.05, 0) is 48.9 Å². The first-order valence-electron chi connectivity index (χ1n) is 13.8. The maximum absolute atomic E-state index is 14.6. The van der Waals surface area contributed by atoms with Gasteiger partial charge in [-0.2, -0.15) is 0 Å². The van der Waals surface area contributed by atoms with Gasteiger partial charge in [0.2, 0.25) is 5.91 Å². The fourth-order valence-electron chi connectivity index (χ4n) is 6.29. The van der Waals surface area contributed by atoms with E-state index in [9.17, 15) is 9.59 Å². The van der Waals surface area contributed by atoms with Gasteiger partial charge in [0.1, 0.15) is 0 Å². The molecule has 1 N–H and O–H groups in total. The van der Waals surface area contributed by atoms with Crippen LogP contribution in [0.3, 0.4) is 0 Å². The number of benzene rings is 3. The molecule has 1 spiro atoms. The number of thioether (sulfide) groups is 1. The second-order valence-electron chi connectivity index (χ2n) is 10.8. The van der Waals surface area contributed by atoms with E-state index in [1.54, 1.807) is 4.57 Å². The van der Waals surface area contributed by atoms with E-state index in [0.29, 0.717) is 11.7 Å². The van der Waals surface area contributed by atoms with Crippen molar-refractivity contribution < 1.29 is 4.79 Å². The van der Waals surface area contributed by atoms with Crippen LogP contribution in [0.25, 0.3) is 16.9 Å². The summed E-state index contributed by atoms with van der Waals surface area (Å²) >= 11 is 1.33. The molecular formula is C33H33N3O2S. The fourth-order valence-corrected chi connectivity index (χ4v) is 7.12. The first kappa shape index (κ1) is 25.6. The number of aryl methyl sites for hydroxylation is 1. The third kappa shape index (κ3) is 4.94. The second kappa shape index (κ2) is 10.9. The number of para-hydroxylation sites is 1. The van der Waals surface area contributed by atoms with Crippen molar-refractivity contribution in [3.8, 4) is 16.9 Å². The van der Waals surface area contributed by atoms with Gasteiger partial charge in [0.15, 0.2) is 5.16 Å². The summed E-state index contributed by atoms with van der Waals surface area (Å²) in [5.74, 6) is 0.0906. The lowest BCUT2D eigenvalue weighted by molar-refractivity contribution is -0.118. The number of rotatable bonds is 6. The van der Waals surface area contributed by atoms with Gasteiger partial charge in [-0.3, -0.25) is 14.2 Å². The summed E-state index contributed by atoms with van der Waals surface area (Å²) in [4.78, 5) is 32.7. The van der Waals surface area contributed by atoms with Crippen LogP contribution in [0, 0.1) is 6.92 Å². The Morgan fingerprint density at radius 2 is 1.67 bits per heavy atom. The van der Waals surface area contributed by atoms with Gasteiger partial charge in [0.25, 0.3) is 5.56 Å². The summed E-state index contributed by atoms with van der Waals surface area (Å²) in [5, 5.41) is 3.56. The van der Waals surface area contributed by atoms with Crippen molar-refractivity contribution in [1.82, 2.24) is 14.9 Å². The van der Waals surface area contributed by atoms with E-state index >= 15 is 0 Å². The van der Waals surface area contributed by atoms with E-state index in [2.05, 4.69) is 23.5 Å². The van der Waals surface area contributed by atoms with E-state index in [1.807, 2.05) is 67.6 Å². The van der Waals surface area contributed by atoms with Crippen LogP contribution in [0.4, 0.5) is 0 Å². The molecule has 6 rings (SSSR count). The molecule has 3 aromatic carbocycles. The van der Waals surface area contributed by atoms with Gasteiger partial charge >= 0.3 is 0 Å². The number of carbonyl (C=O) groups excluding carboxylic acids is 1. The number of hydrogen-bond donors (Lipinski definition) is 1. The molecule has 2 aliphatic rings. The van der Waals surface area contributed by atoms with Crippen LogP contribution in [0.1, 0.15) is 54.4 Å². The third-order valence-corrected chi connectivity index (χ3v) is 9.15. The summed E-state index contributed by atoms with van der Waals surface area (Å²) in [6, 6.07) is 26.2. The van der Waals surface area contributed by atoms with Crippen LogP contribution in [-0.2, 0) is 23.2 Å². The standard InChI is InChI=1S/C33H33N3O2S/c1-23-12-6-9-17-27(23)36-31(38)29-30(26-16-8-7-15-25(26)20-33(29)18-10-3-11-19-33)35-32(36)39-22-28(37)34-21-24-13-4-2-5-14-24/h2,4-9,12-17H,3,10-11,18-22H2,1H3,(H,34,37). The Bertz CT molecular complexity index is 1570. The van der Waals surface area contributed by atoms with E-state index in [4.69, 9.17) is 4.98 Å². The Morgan fingerprint density at radius 1 is 0.949 bits per heavy atom. The average Bonchev–Trinajstić information content (AvgIpc) is 2.96. The number of carbonyl (C=O) groups is 1. The van der Waals surface area contributed by atoms with Crippen molar-refractivity contribution in [3.63, 3.8) is 0 Å². The highest BCUT2D eigenvalue weighted by Crippen LogP contribution is 2.49. The maximum atomic E-state index is 14.6. The molecule has 0 atom stereocenters. The molecule has 1 fully saturated rings. The first-order chi connectivity index (χ1) is 19.1. The Labute approximate surface area is 233 Å². The average molecular weight is 536 g/mol. The lowest BCUT2D eigenvalue weighted by atomic mass is 9.62. The summed E-state index contributed by atoms with van der Waals surface area (Å²) in [5.41, 5.74) is 6.69. The second-order valence-corrected chi connectivity index (χ2v) is 11.7. The van der Waals surface area contributed by atoms with Crippen molar-refractivity contribution in [2.45, 2.75) is 62.6 Å². The van der Waals surface area contributed by atoms with Gasteiger partial charge in [0.05, 0.1) is 22.7 Å². The molecule has 0 radical (unpaired) electrons. The third-order valence-electron chi connectivity index (χ3n) is 8.22. The lowest BCUT2D eigenvalue weighted by Gasteiger charge is -2.42. The van der Waals surface area contributed by atoms with Crippen LogP contribution >= 0.6 is 11.8 Å². The number of nitrogens with one attached hydrogen (secondary N) is 1. The Kier molecular flexibility index (Phi) is 7.13. The van der Waals surface area contributed by atoms with Gasteiger partial charge in [-0.1, -0.05) is 104 Å². The predicted octanol–water partition coefficient (Wildman–Crippen LogP) is 6.37. The number of hydrogen-bond acceptors (Lipinski definition) is 4. The van der Waals surface area contributed by atoms with Gasteiger partial charge in [0, 0.05) is 17.5 Å². The molecule has 1 saturated carbocycles. The minimum atomic E-state index is -0.188. The van der Waals surface area contributed by atoms with Gasteiger partial charge < -0.3 is 5.32 Å². The van der Waals surface area contributed by atoms with Crippen molar-refractivity contribution in [2.75, 3.05) is 5.75 Å². The molecule has 39 heavy (non-hydrogen) atoms. The molecule has 0 bridgehead atoms. The zero-order valence-corrected chi connectivity index (χ0v) is 23.1. The van der Waals surface area contributed by atoms with E-state index in [-0.39, 0.29) is 22.6 Å². The molecule has 4 aromatic rings. The Balaban J connectivity index is 1.44. The van der Waals surface area contributed by atoms with Crippen molar-refractivity contribution in [3.05, 3.63) is 111 Å². The van der Waals surface area contributed by atoms with Crippen LogP contribution in [0.2, 0.25) is 0 Å². The number of aromatic nitrogens is 2. The molecule has 198 valence electrons. The minimum absolute atomic E-state index is 0.0119. The molecule has 6 heteroatoms. The lowest BCUT2D eigenvalue weighted by Crippen LogP contribution is -2.43. The Morgan fingerprint density at radius 3 is 2.46 bits per heavy atom. The highest BCUT2D eigenvalue weighted by atomic mass is 32.2. The molecule has 0 saturated heterocycles. The monoisotopic (exact) mass is 535 g/mol. The van der Waals surface area contributed by atoms with E-state index in [0.717, 1.165) is 65.7 Å². The topological polar surface area (TPSA) is 64.0 Å². The molecule has 2 aliphatic carbocycles. The zero-order valence-electron chi connectivity index (χ0n) is 22.3. The largest absolute Gasteiger partial charge is 0.351 e. The molecule has 1 heterocycles. The van der Waals surface area contributed by atoms with E-state index < -0.39 is 0 Å². The predicted molar refractivity (Wildman–Crippen MR) is 157 cm³/mol. The van der Waals surface area contributed by atoms with Gasteiger partial charge in [-0.15, -0.1) is 0 Å². The first-order valence-corrected chi connectivity index (χ1v) is 14.8. The van der Waals surface area contributed by atoms with Crippen molar-refractivity contribution >= 4 is 17.7 Å². The normalized spacial score (nSPS) is 15.4. The number of nitrogens with zero attached hydrogens (tertiary/aromatic N) is 2. The van der Waals surface area contributed by atoms with Gasteiger partial charge in [-0.25, -0.2) is 4.98 Å². The molecular weight excluding hydrogens is 502 g/mol. The Hall–Kier alpha value is -3.64. The fraction of sp³-hybridized carbons (Fsp3) is 0.303. The summed E-state index contributed by atoms with van der Waals surface area (Å²) in [7, 11) is 0. The molecule has 1 amide bonds. The highest BCUT2D eigenvalue weighted by Gasteiger charge is 2.43. The van der Waals surface area contributed by atoms with E-state index in [1.165, 1.54) is 23.7 Å². The highest BCUT2D eigenvalue weighted by molar-refractivity contribution is 7.99. The molecule has 1 aromatic heterocycles. The van der Waals surface area contributed by atoms with Crippen molar-refractivity contribution in [1.29, 1.82) is 0 Å². The molecule has 0 aliphatic heterocycles. The quantitative estimate of drug-likeness (QED) is 0.230. The smallest absolute Gasteiger partial charge is 0.263 e. The summed E-state index contributed by atoms with van der Waals surface area (Å²) in [6.45, 7) is 2.49. The van der Waals surface area contributed by atoms with Crippen LogP contribution in [0.15, 0.2) is 88.8 Å². The molecule has 0 unspecified atom stereocenters. The maximum Gasteiger partial charge on any atom is 0.263 e. The van der Waals surface area contributed by atoms with Crippen LogP contribution in [-0.4, -0.2) is 21.2 Å².